The summed E-state index contributed by atoms with van der Waals surface area (Å²) in [5, 5.41) is 12.7. The van der Waals surface area contributed by atoms with E-state index in [9.17, 15) is 12.8 Å². The van der Waals surface area contributed by atoms with E-state index in [4.69, 9.17) is 21.1 Å². The molecule has 0 aliphatic rings. The third-order valence-electron chi connectivity index (χ3n) is 4.40. The van der Waals surface area contributed by atoms with Crippen molar-refractivity contribution in [3.05, 3.63) is 65.4 Å². The predicted octanol–water partition coefficient (Wildman–Crippen LogP) is 2.95. The van der Waals surface area contributed by atoms with Crippen molar-refractivity contribution in [3.63, 3.8) is 0 Å². The van der Waals surface area contributed by atoms with Crippen LogP contribution >= 0.6 is 11.6 Å². The van der Waals surface area contributed by atoms with Gasteiger partial charge in [-0.25, -0.2) is 17.5 Å². The van der Waals surface area contributed by atoms with Crippen molar-refractivity contribution < 1.29 is 22.3 Å². The normalized spacial score (nSPS) is 11.6. The summed E-state index contributed by atoms with van der Waals surface area (Å²) >= 11 is 5.91. The summed E-state index contributed by atoms with van der Waals surface area (Å²) in [6.45, 7) is -0.0145. The van der Waals surface area contributed by atoms with Crippen LogP contribution < -0.4 is 14.2 Å². The van der Waals surface area contributed by atoms with Crippen LogP contribution in [0.4, 0.5) is 4.39 Å². The largest absolute Gasteiger partial charge is 0.495 e. The zero-order valence-electron chi connectivity index (χ0n) is 16.7. The van der Waals surface area contributed by atoms with Gasteiger partial charge in [-0.2, -0.15) is 4.52 Å². The Morgan fingerprint density at radius 2 is 1.88 bits per heavy atom. The smallest absolute Gasteiger partial charge is 0.244 e. The van der Waals surface area contributed by atoms with E-state index >= 15 is 0 Å². The number of fused-ring (bicyclic) bond motifs is 1. The van der Waals surface area contributed by atoms with Gasteiger partial charge in [0.2, 0.25) is 15.9 Å². The zero-order chi connectivity index (χ0) is 22.7. The molecule has 9 nitrogen and oxygen atoms in total. The summed E-state index contributed by atoms with van der Waals surface area (Å²) in [4.78, 5) is -0.0690. The molecule has 0 atom stereocenters. The molecule has 0 fully saturated rings. The minimum atomic E-state index is -3.87. The van der Waals surface area contributed by atoms with E-state index < -0.39 is 10.0 Å². The first-order valence-corrected chi connectivity index (χ1v) is 11.2. The first-order chi connectivity index (χ1) is 15.4. The Hall–Kier alpha value is -3.28. The molecule has 0 saturated heterocycles. The van der Waals surface area contributed by atoms with E-state index in [1.54, 1.807) is 24.3 Å². The fourth-order valence-corrected chi connectivity index (χ4v) is 4.34. The molecule has 2 heterocycles. The second-order valence-corrected chi connectivity index (χ2v) is 8.69. The Morgan fingerprint density at radius 1 is 1.09 bits per heavy atom. The number of sulfonamides is 1. The Bertz CT molecular complexity index is 1360. The van der Waals surface area contributed by atoms with Crippen molar-refractivity contribution in [2.24, 2.45) is 0 Å². The number of ether oxygens (including phenoxy) is 2. The number of benzene rings is 2. The molecule has 12 heteroatoms. The number of aromatic nitrogens is 4. The number of hydrogen-bond donors (Lipinski definition) is 1. The SMILES string of the molecule is COc1ccc(Cl)cc1S(=O)(=O)NCCOc1ccc2nnc(-c3ccc(F)cc3)n2n1. The molecule has 1 N–H and O–H groups in total. The van der Waals surface area contributed by atoms with Gasteiger partial charge in [0, 0.05) is 23.2 Å². The summed E-state index contributed by atoms with van der Waals surface area (Å²) < 4.78 is 52.9. The van der Waals surface area contributed by atoms with Gasteiger partial charge in [0.15, 0.2) is 11.5 Å². The van der Waals surface area contributed by atoms with Crippen molar-refractivity contribution >= 4 is 27.3 Å². The van der Waals surface area contributed by atoms with Gasteiger partial charge in [-0.3, -0.25) is 0 Å². The number of methoxy groups -OCH3 is 1. The van der Waals surface area contributed by atoms with Crippen LogP contribution in [0.5, 0.6) is 11.6 Å². The van der Waals surface area contributed by atoms with Crippen LogP contribution in [-0.4, -0.2) is 48.5 Å². The van der Waals surface area contributed by atoms with E-state index in [1.807, 2.05) is 0 Å². The summed E-state index contributed by atoms with van der Waals surface area (Å²) in [5.41, 5.74) is 1.11. The maximum atomic E-state index is 13.2. The van der Waals surface area contributed by atoms with Crippen molar-refractivity contribution in [2.75, 3.05) is 20.3 Å². The van der Waals surface area contributed by atoms with Crippen molar-refractivity contribution in [1.29, 1.82) is 0 Å². The maximum absolute atomic E-state index is 13.2. The highest BCUT2D eigenvalue weighted by molar-refractivity contribution is 7.89. The molecule has 0 amide bonds. The Labute approximate surface area is 187 Å². The van der Waals surface area contributed by atoms with Crippen LogP contribution in [0.1, 0.15) is 0 Å². The number of nitrogens with zero attached hydrogens (tertiary/aromatic N) is 4. The van der Waals surface area contributed by atoms with Crippen LogP contribution in [0.3, 0.4) is 0 Å². The molecule has 0 bridgehead atoms. The molecular weight excluding hydrogens is 461 g/mol. The molecule has 32 heavy (non-hydrogen) atoms. The lowest BCUT2D eigenvalue weighted by molar-refractivity contribution is 0.305. The summed E-state index contributed by atoms with van der Waals surface area (Å²) in [6.07, 6.45) is 0. The van der Waals surface area contributed by atoms with E-state index in [1.165, 1.54) is 42.0 Å². The Morgan fingerprint density at radius 3 is 2.62 bits per heavy atom. The van der Waals surface area contributed by atoms with Gasteiger partial charge >= 0.3 is 0 Å². The highest BCUT2D eigenvalue weighted by Gasteiger charge is 2.19. The number of rotatable bonds is 8. The minimum absolute atomic E-state index is 0.00856. The predicted molar refractivity (Wildman–Crippen MR) is 115 cm³/mol. The molecule has 0 spiro atoms. The number of halogens is 2. The van der Waals surface area contributed by atoms with Crippen LogP contribution in [0.2, 0.25) is 5.02 Å². The van der Waals surface area contributed by atoms with Gasteiger partial charge in [0.05, 0.1) is 7.11 Å². The van der Waals surface area contributed by atoms with E-state index in [0.29, 0.717) is 17.0 Å². The average molecular weight is 478 g/mol. The molecule has 166 valence electrons. The monoisotopic (exact) mass is 477 g/mol. The third kappa shape index (κ3) is 4.64. The quantitative estimate of drug-likeness (QED) is 0.389. The number of nitrogens with one attached hydrogen (secondary N) is 1. The molecular formula is C20H17ClFN5O4S. The van der Waals surface area contributed by atoms with Gasteiger partial charge in [0.1, 0.15) is 23.1 Å². The van der Waals surface area contributed by atoms with Crippen LogP contribution in [0.25, 0.3) is 17.0 Å². The number of hydrogen-bond acceptors (Lipinski definition) is 7. The molecule has 0 saturated carbocycles. The molecule has 4 rings (SSSR count). The molecule has 2 aromatic heterocycles. The van der Waals surface area contributed by atoms with Crippen LogP contribution in [0, 0.1) is 5.82 Å². The van der Waals surface area contributed by atoms with Crippen LogP contribution in [-0.2, 0) is 10.0 Å². The maximum Gasteiger partial charge on any atom is 0.244 e. The second kappa shape index (κ2) is 9.07. The van der Waals surface area contributed by atoms with Crippen molar-refractivity contribution in [1.82, 2.24) is 24.5 Å². The van der Waals surface area contributed by atoms with E-state index in [0.717, 1.165) is 0 Å². The summed E-state index contributed by atoms with van der Waals surface area (Å²) in [6, 6.07) is 13.3. The molecule has 0 aliphatic carbocycles. The van der Waals surface area contributed by atoms with Gasteiger partial charge in [-0.1, -0.05) is 11.6 Å². The lowest BCUT2D eigenvalue weighted by atomic mass is 10.2. The van der Waals surface area contributed by atoms with Crippen LogP contribution in [0.15, 0.2) is 59.5 Å². The molecule has 4 aromatic rings. The Kier molecular flexibility index (Phi) is 6.21. The minimum Gasteiger partial charge on any atom is -0.495 e. The van der Waals surface area contributed by atoms with E-state index in [2.05, 4.69) is 20.0 Å². The highest BCUT2D eigenvalue weighted by atomic mass is 35.5. The molecule has 0 radical (unpaired) electrons. The lowest BCUT2D eigenvalue weighted by Gasteiger charge is -2.11. The first kappa shape index (κ1) is 21.9. The molecule has 0 unspecified atom stereocenters. The standard InChI is InChI=1S/C20H17ClFN5O4S/c1-30-16-7-4-14(21)12-17(16)32(28,29)23-10-11-31-19-9-8-18-24-25-20(27(18)26-19)13-2-5-15(22)6-3-13/h2-9,12,23H,10-11H2,1H3. The summed E-state index contributed by atoms with van der Waals surface area (Å²) in [7, 11) is -2.49. The lowest BCUT2D eigenvalue weighted by Crippen LogP contribution is -2.28. The fraction of sp³-hybridized carbons (Fsp3) is 0.150. The highest BCUT2D eigenvalue weighted by Crippen LogP contribution is 2.26. The van der Waals surface area contributed by atoms with Gasteiger partial charge < -0.3 is 9.47 Å². The van der Waals surface area contributed by atoms with Crippen molar-refractivity contribution in [3.8, 4) is 23.0 Å². The van der Waals surface area contributed by atoms with E-state index in [-0.39, 0.29) is 40.5 Å². The first-order valence-electron chi connectivity index (χ1n) is 9.32. The molecule has 0 aliphatic heterocycles. The van der Waals surface area contributed by atoms with Crippen molar-refractivity contribution in [2.45, 2.75) is 4.90 Å². The fourth-order valence-electron chi connectivity index (χ4n) is 2.90. The third-order valence-corrected chi connectivity index (χ3v) is 6.12. The average Bonchev–Trinajstić information content (AvgIpc) is 3.20. The molecule has 2 aromatic carbocycles. The Balaban J connectivity index is 1.44. The summed E-state index contributed by atoms with van der Waals surface area (Å²) in [5.74, 6) is 0.465. The topological polar surface area (TPSA) is 108 Å². The van der Waals surface area contributed by atoms with Gasteiger partial charge in [-0.05, 0) is 48.5 Å². The van der Waals surface area contributed by atoms with Gasteiger partial charge in [-0.15, -0.1) is 15.3 Å². The van der Waals surface area contributed by atoms with Gasteiger partial charge in [0.25, 0.3) is 0 Å². The zero-order valence-corrected chi connectivity index (χ0v) is 18.3. The second-order valence-electron chi connectivity index (χ2n) is 6.51.